The number of benzene rings is 1. The van der Waals surface area contributed by atoms with Crippen LogP contribution in [0.5, 0.6) is 5.75 Å². The minimum atomic E-state index is -1.78. The molecule has 3 N–H and O–H groups in total. The number of alkyl halides is 3. The van der Waals surface area contributed by atoms with Crippen molar-refractivity contribution in [2.75, 3.05) is 12.4 Å². The summed E-state index contributed by atoms with van der Waals surface area (Å²) < 4.78 is 3.50. The summed E-state index contributed by atoms with van der Waals surface area (Å²) in [7, 11) is 1.56. The number of anilines is 1. The molecule has 0 radical (unpaired) electrons. The molecule has 0 unspecified atom stereocenters. The van der Waals surface area contributed by atoms with E-state index < -0.39 is 9.96 Å². The molecule has 29 heavy (non-hydrogen) atoms. The molecule has 164 valence electrons. The highest BCUT2D eigenvalue weighted by Crippen LogP contribution is 2.29. The van der Waals surface area contributed by atoms with Gasteiger partial charge in [0.05, 0.1) is 12.8 Å². The Balaban J connectivity index is 2.49. The van der Waals surface area contributed by atoms with E-state index in [4.69, 9.17) is 51.8 Å². The normalized spacial score (nSPS) is 12.2. The Labute approximate surface area is 194 Å². The number of ether oxygens (including phenoxy) is 1. The lowest BCUT2D eigenvalue weighted by molar-refractivity contribution is -0.122. The average Bonchev–Trinajstić information content (AvgIpc) is 2.66. The average molecular weight is 483 g/mol. The zero-order chi connectivity index (χ0) is 21.7. The highest BCUT2D eigenvalue weighted by Gasteiger charge is 2.34. The van der Waals surface area contributed by atoms with Gasteiger partial charge in [0.15, 0.2) is 5.11 Å². The molecule has 1 atom stereocenters. The van der Waals surface area contributed by atoms with Crippen LogP contribution >= 0.6 is 47.0 Å². The topological polar surface area (TPSA) is 62.4 Å². The van der Waals surface area contributed by atoms with Gasteiger partial charge in [-0.3, -0.25) is 4.79 Å². The van der Waals surface area contributed by atoms with E-state index in [9.17, 15) is 4.79 Å². The molecule has 1 amide bonds. The summed E-state index contributed by atoms with van der Waals surface area (Å²) in [6.45, 7) is 2.19. The predicted molar refractivity (Wildman–Crippen MR) is 127 cm³/mol. The number of carbonyl (C=O) groups excluding carboxylic acids is 1. The maximum atomic E-state index is 12.3. The number of methoxy groups -OCH3 is 1. The predicted octanol–water partition coefficient (Wildman–Crippen LogP) is 5.93. The van der Waals surface area contributed by atoms with E-state index in [-0.39, 0.29) is 11.0 Å². The second-order valence-electron chi connectivity index (χ2n) is 6.71. The fraction of sp³-hybridized carbons (Fsp3) is 0.600. The standard InChI is InChI=1S/C20H30Cl3N3O2S/c1-3-4-5-6-7-8-9-14-17(27)25-18(20(21,22)23)26-19(29)24-15-12-10-11-13-16(15)28-2/h10-13,18H,3-9,14H2,1-2H3,(H,25,27)(H2,24,26,29)/t18-/m1/s1. The summed E-state index contributed by atoms with van der Waals surface area (Å²) in [5.74, 6) is 0.424. The maximum Gasteiger partial charge on any atom is 0.228 e. The highest BCUT2D eigenvalue weighted by molar-refractivity contribution is 7.80. The van der Waals surface area contributed by atoms with Crippen LogP contribution in [0.2, 0.25) is 0 Å². The SMILES string of the molecule is CCCCCCCCCC(=O)N[C@H](NC(=S)Nc1ccccc1OC)C(Cl)(Cl)Cl. The molecule has 0 aliphatic heterocycles. The molecule has 0 fully saturated rings. The highest BCUT2D eigenvalue weighted by atomic mass is 35.6. The van der Waals surface area contributed by atoms with Gasteiger partial charge in [-0.1, -0.05) is 92.4 Å². The first-order chi connectivity index (χ1) is 13.8. The minimum Gasteiger partial charge on any atom is -0.495 e. The molecular weight excluding hydrogens is 453 g/mol. The molecule has 1 aromatic carbocycles. The molecule has 9 heteroatoms. The van der Waals surface area contributed by atoms with E-state index in [1.807, 2.05) is 12.1 Å². The van der Waals surface area contributed by atoms with Crippen LogP contribution in [0.15, 0.2) is 24.3 Å². The van der Waals surface area contributed by atoms with Crippen molar-refractivity contribution >= 4 is 63.7 Å². The van der Waals surface area contributed by atoms with E-state index in [1.54, 1.807) is 19.2 Å². The third-order valence-corrected chi connectivity index (χ3v) is 5.15. The van der Waals surface area contributed by atoms with Crippen molar-refractivity contribution in [1.82, 2.24) is 10.6 Å². The summed E-state index contributed by atoms with van der Waals surface area (Å²) >= 11 is 23.4. The van der Waals surface area contributed by atoms with Gasteiger partial charge in [0, 0.05) is 6.42 Å². The van der Waals surface area contributed by atoms with Crippen molar-refractivity contribution in [3.8, 4) is 5.75 Å². The summed E-state index contributed by atoms with van der Waals surface area (Å²) in [4.78, 5) is 12.3. The fourth-order valence-electron chi connectivity index (χ4n) is 2.71. The molecular formula is C20H30Cl3N3O2S. The van der Waals surface area contributed by atoms with Gasteiger partial charge in [-0.15, -0.1) is 0 Å². The lowest BCUT2D eigenvalue weighted by Gasteiger charge is -2.28. The number of unbranched alkanes of at least 4 members (excludes halogenated alkanes) is 6. The van der Waals surface area contributed by atoms with E-state index >= 15 is 0 Å². The second kappa shape index (κ2) is 14.1. The first kappa shape index (κ1) is 26.1. The number of halogens is 3. The number of amides is 1. The third-order valence-electron chi connectivity index (χ3n) is 4.27. The Hall–Kier alpha value is -0.950. The molecule has 0 aliphatic rings. The van der Waals surface area contributed by atoms with E-state index in [0.717, 1.165) is 19.3 Å². The number of thiocarbonyl (C=S) groups is 1. The number of hydrogen-bond donors (Lipinski definition) is 3. The van der Waals surface area contributed by atoms with Gasteiger partial charge in [0.25, 0.3) is 0 Å². The largest absolute Gasteiger partial charge is 0.495 e. The van der Waals surface area contributed by atoms with Crippen LogP contribution in [0.25, 0.3) is 0 Å². The molecule has 1 rings (SSSR count). The van der Waals surface area contributed by atoms with E-state index in [1.165, 1.54) is 25.7 Å². The van der Waals surface area contributed by atoms with Gasteiger partial charge in [0.1, 0.15) is 11.9 Å². The Bertz CT molecular complexity index is 642. The summed E-state index contributed by atoms with van der Waals surface area (Å²) in [6, 6.07) is 7.27. The van der Waals surface area contributed by atoms with Crippen LogP contribution in [-0.2, 0) is 4.79 Å². The van der Waals surface area contributed by atoms with Gasteiger partial charge >= 0.3 is 0 Å². The van der Waals surface area contributed by atoms with Crippen molar-refractivity contribution in [1.29, 1.82) is 0 Å². The van der Waals surface area contributed by atoms with Crippen molar-refractivity contribution in [3.05, 3.63) is 24.3 Å². The van der Waals surface area contributed by atoms with Crippen LogP contribution < -0.4 is 20.7 Å². The molecule has 0 heterocycles. The van der Waals surface area contributed by atoms with Gasteiger partial charge in [-0.2, -0.15) is 0 Å². The van der Waals surface area contributed by atoms with Crippen LogP contribution in [0, 0.1) is 0 Å². The van der Waals surface area contributed by atoms with E-state index in [0.29, 0.717) is 17.9 Å². The van der Waals surface area contributed by atoms with Crippen LogP contribution in [0.1, 0.15) is 58.3 Å². The summed E-state index contributed by atoms with van der Waals surface area (Å²) in [5.41, 5.74) is 0.657. The zero-order valence-electron chi connectivity index (χ0n) is 16.9. The Morgan fingerprint density at radius 2 is 1.69 bits per heavy atom. The van der Waals surface area contributed by atoms with Crippen molar-refractivity contribution in [2.24, 2.45) is 0 Å². The number of carbonyl (C=O) groups is 1. The van der Waals surface area contributed by atoms with Crippen LogP contribution in [0.4, 0.5) is 5.69 Å². The molecule has 0 saturated carbocycles. The number of nitrogens with one attached hydrogen (secondary N) is 3. The van der Waals surface area contributed by atoms with Gasteiger partial charge in [-0.05, 0) is 30.8 Å². The fourth-order valence-corrected chi connectivity index (χ4v) is 3.27. The quantitative estimate of drug-likeness (QED) is 0.149. The molecule has 0 aromatic heterocycles. The summed E-state index contributed by atoms with van der Waals surface area (Å²) in [5, 5.41) is 8.74. The van der Waals surface area contributed by atoms with Crippen molar-refractivity contribution < 1.29 is 9.53 Å². The van der Waals surface area contributed by atoms with Crippen LogP contribution in [-0.4, -0.2) is 28.1 Å². The monoisotopic (exact) mass is 481 g/mol. The van der Waals surface area contributed by atoms with Gasteiger partial charge in [0.2, 0.25) is 9.70 Å². The summed E-state index contributed by atoms with van der Waals surface area (Å²) in [6.07, 6.45) is 7.28. The number of hydrogen-bond acceptors (Lipinski definition) is 3. The molecule has 0 aliphatic carbocycles. The Morgan fingerprint density at radius 3 is 2.31 bits per heavy atom. The number of para-hydroxylation sites is 2. The van der Waals surface area contributed by atoms with Crippen LogP contribution in [0.3, 0.4) is 0 Å². The number of rotatable bonds is 12. The zero-order valence-corrected chi connectivity index (χ0v) is 20.0. The third kappa shape index (κ3) is 11.1. The molecule has 0 bridgehead atoms. The van der Waals surface area contributed by atoms with Gasteiger partial charge < -0.3 is 20.7 Å². The molecule has 0 spiro atoms. The maximum absolute atomic E-state index is 12.3. The van der Waals surface area contributed by atoms with Crippen molar-refractivity contribution in [2.45, 2.75) is 68.2 Å². The van der Waals surface area contributed by atoms with Crippen molar-refractivity contribution in [3.63, 3.8) is 0 Å². The second-order valence-corrected chi connectivity index (χ2v) is 9.49. The minimum absolute atomic E-state index is 0.192. The molecule has 0 saturated heterocycles. The Kier molecular flexibility index (Phi) is 12.7. The first-order valence-electron chi connectivity index (χ1n) is 9.84. The lowest BCUT2D eigenvalue weighted by Crippen LogP contribution is -2.56. The molecule has 1 aromatic rings. The lowest BCUT2D eigenvalue weighted by atomic mass is 10.1. The molecule has 5 nitrogen and oxygen atoms in total. The van der Waals surface area contributed by atoms with E-state index in [2.05, 4.69) is 22.9 Å². The van der Waals surface area contributed by atoms with Gasteiger partial charge in [-0.25, -0.2) is 0 Å². The Morgan fingerprint density at radius 1 is 1.07 bits per heavy atom. The smallest absolute Gasteiger partial charge is 0.228 e. The first-order valence-corrected chi connectivity index (χ1v) is 11.4.